The van der Waals surface area contributed by atoms with E-state index >= 15 is 0 Å². The maximum Gasteiger partial charge on any atom is 0.305 e. The summed E-state index contributed by atoms with van der Waals surface area (Å²) in [6.07, 6.45) is 0.750. The minimum absolute atomic E-state index is 0.208. The van der Waals surface area contributed by atoms with Gasteiger partial charge in [-0.3, -0.25) is 4.79 Å². The molecule has 1 aliphatic heterocycles. The van der Waals surface area contributed by atoms with Gasteiger partial charge >= 0.3 is 5.97 Å². The Kier molecular flexibility index (Phi) is 4.47. The monoisotopic (exact) mass is 338 g/mol. The number of benzene rings is 1. The van der Waals surface area contributed by atoms with Crippen molar-refractivity contribution < 1.29 is 14.3 Å². The predicted molar refractivity (Wildman–Crippen MR) is 80.4 cm³/mol. The molecule has 0 bridgehead atoms. The molecule has 0 aliphatic carbocycles. The lowest BCUT2D eigenvalue weighted by molar-refractivity contribution is -0.140. The number of methoxy groups -OCH3 is 1. The van der Waals surface area contributed by atoms with Crippen LogP contribution in [-0.4, -0.2) is 32.1 Å². The molecule has 1 heterocycles. The fourth-order valence-electron chi connectivity index (χ4n) is 2.29. The maximum atomic E-state index is 11.3. The number of nitrogens with one attached hydrogen (secondary N) is 1. The van der Waals surface area contributed by atoms with Crippen LogP contribution in [0.15, 0.2) is 28.4 Å². The van der Waals surface area contributed by atoms with Crippen LogP contribution >= 0.6 is 15.9 Å². The zero-order chi connectivity index (χ0) is 14.7. The number of hydrogen-bond donors (Lipinski definition) is 1. The third-order valence-electron chi connectivity index (χ3n) is 3.37. The lowest BCUT2D eigenvalue weighted by atomic mass is 10.0. The summed E-state index contributed by atoms with van der Waals surface area (Å²) in [6, 6.07) is 5.59. The van der Waals surface area contributed by atoms with Gasteiger partial charge in [0, 0.05) is 17.9 Å². The summed E-state index contributed by atoms with van der Waals surface area (Å²) in [5.74, 6) is 1.65. The molecule has 0 amide bonds. The second-order valence-electron chi connectivity index (χ2n) is 4.54. The molecule has 1 aliphatic rings. The Hall–Kier alpha value is -1.78. The molecule has 0 unspecified atom stereocenters. The van der Waals surface area contributed by atoms with Crippen LogP contribution in [0, 0.1) is 0 Å². The van der Waals surface area contributed by atoms with Crippen molar-refractivity contribution in [2.75, 3.05) is 24.4 Å². The average Bonchev–Trinajstić information content (AvgIpc) is 2.45. The van der Waals surface area contributed by atoms with E-state index in [1.54, 1.807) is 0 Å². The van der Waals surface area contributed by atoms with E-state index in [1.165, 1.54) is 7.11 Å². The van der Waals surface area contributed by atoms with Gasteiger partial charge in [-0.2, -0.15) is 0 Å². The number of anilines is 2. The molecule has 0 saturated heterocycles. The Morgan fingerprint density at radius 2 is 2.30 bits per heavy atom. The van der Waals surface area contributed by atoms with Crippen molar-refractivity contribution in [3.05, 3.63) is 28.4 Å². The molecule has 1 aromatic carbocycles. The summed E-state index contributed by atoms with van der Waals surface area (Å²) in [6.45, 7) is 0. The Balaban J connectivity index is 2.27. The van der Waals surface area contributed by atoms with Gasteiger partial charge in [0.15, 0.2) is 0 Å². The van der Waals surface area contributed by atoms with Crippen LogP contribution in [0.5, 0.6) is 0 Å². The Bertz CT molecular complexity index is 582. The lowest BCUT2D eigenvalue weighted by Crippen LogP contribution is -2.40. The highest BCUT2D eigenvalue weighted by Gasteiger charge is 2.29. The number of carbonyl (C=O) groups is 1. The van der Waals surface area contributed by atoms with Crippen LogP contribution in [0.25, 0.3) is 0 Å². The number of likely N-dealkylation sites (N-methyl/N-ethyl adjacent to an activating group) is 1. The zero-order valence-electron chi connectivity index (χ0n) is 11.3. The molecule has 0 spiro atoms. The predicted octanol–water partition coefficient (Wildman–Crippen LogP) is 2.35. The Morgan fingerprint density at radius 3 is 2.95 bits per heavy atom. The molecule has 0 radical (unpaired) electrons. The van der Waals surface area contributed by atoms with Gasteiger partial charge in [0.25, 0.3) is 0 Å². The highest BCUT2D eigenvalue weighted by atomic mass is 79.9. The fraction of sp³-hybridized carbons (Fsp3) is 0.357. The first-order valence-electron chi connectivity index (χ1n) is 6.18. The number of nitrogens with zero attached hydrogens (tertiary/aromatic N) is 1. The van der Waals surface area contributed by atoms with Crippen LogP contribution < -0.4 is 10.2 Å². The number of ether oxygens (including phenoxy) is 1. The average molecular weight is 339 g/mol. The van der Waals surface area contributed by atoms with E-state index in [4.69, 9.17) is 0 Å². The maximum absolute atomic E-state index is 11.3. The Labute approximate surface area is 125 Å². The highest BCUT2D eigenvalue weighted by Crippen LogP contribution is 2.36. The molecule has 2 rings (SSSR count). The number of carbonyl (C=O) groups excluding carboxylic acids is 2. The summed E-state index contributed by atoms with van der Waals surface area (Å²) in [5.41, 5.74) is 2.25. The molecule has 1 N–H and O–H groups in total. The Morgan fingerprint density at radius 1 is 1.55 bits per heavy atom. The summed E-state index contributed by atoms with van der Waals surface area (Å²) < 4.78 is 5.57. The van der Waals surface area contributed by atoms with Crippen LogP contribution in [-0.2, 0) is 14.3 Å². The second-order valence-corrected chi connectivity index (χ2v) is 5.46. The summed E-state index contributed by atoms with van der Waals surface area (Å²) in [4.78, 5) is 24.4. The second kappa shape index (κ2) is 6.11. The van der Waals surface area contributed by atoms with E-state index in [9.17, 15) is 9.59 Å². The van der Waals surface area contributed by atoms with Gasteiger partial charge < -0.3 is 15.0 Å². The molecular weight excluding hydrogens is 324 g/mol. The fourth-order valence-corrected chi connectivity index (χ4v) is 2.66. The molecule has 6 heteroatoms. The molecular formula is C14H15BrN2O3. The molecule has 0 fully saturated rings. The summed E-state index contributed by atoms with van der Waals surface area (Å²) in [7, 11) is 3.25. The van der Waals surface area contributed by atoms with Crippen molar-refractivity contribution >= 4 is 39.2 Å². The quantitative estimate of drug-likeness (QED) is 0.677. The van der Waals surface area contributed by atoms with Gasteiger partial charge in [0.1, 0.15) is 11.6 Å². The van der Waals surface area contributed by atoms with E-state index in [0.29, 0.717) is 12.1 Å². The van der Waals surface area contributed by atoms with Crippen molar-refractivity contribution in [2.24, 2.45) is 0 Å². The number of fused-ring (bicyclic) bond motifs is 1. The molecule has 0 aromatic heterocycles. The first-order chi connectivity index (χ1) is 9.56. The standard InChI is InChI=1S/C14H15BrN2O3/c1-17-12-4-3-9(15)7-10(12)16-11(8-18)13(17)5-6-14(19)20-2/h3-4,7,13,16H,5-6H2,1-2H3/t13-/m0/s1. The van der Waals surface area contributed by atoms with Gasteiger partial charge in [-0.05, 0) is 24.6 Å². The van der Waals surface area contributed by atoms with Crippen molar-refractivity contribution in [3.63, 3.8) is 0 Å². The normalized spacial score (nSPS) is 17.1. The lowest BCUT2D eigenvalue weighted by Gasteiger charge is -2.37. The topological polar surface area (TPSA) is 58.6 Å². The van der Waals surface area contributed by atoms with Crippen LogP contribution in [0.4, 0.5) is 11.4 Å². The molecule has 1 aromatic rings. The van der Waals surface area contributed by atoms with Gasteiger partial charge in [0.05, 0.1) is 24.5 Å². The van der Waals surface area contributed by atoms with Crippen molar-refractivity contribution in [1.82, 2.24) is 0 Å². The van der Waals surface area contributed by atoms with Gasteiger partial charge in [-0.15, -0.1) is 0 Å². The molecule has 5 nitrogen and oxygen atoms in total. The van der Waals surface area contributed by atoms with Crippen molar-refractivity contribution in [2.45, 2.75) is 18.9 Å². The van der Waals surface area contributed by atoms with Gasteiger partial charge in [-0.1, -0.05) is 15.9 Å². The summed E-state index contributed by atoms with van der Waals surface area (Å²) >= 11 is 3.40. The van der Waals surface area contributed by atoms with E-state index in [2.05, 4.69) is 26.0 Å². The smallest absolute Gasteiger partial charge is 0.305 e. The van der Waals surface area contributed by atoms with E-state index in [1.807, 2.05) is 36.1 Å². The number of hydrogen-bond acceptors (Lipinski definition) is 5. The summed E-state index contributed by atoms with van der Waals surface area (Å²) in [5, 5.41) is 3.08. The third kappa shape index (κ3) is 2.86. The third-order valence-corrected chi connectivity index (χ3v) is 3.86. The molecule has 20 heavy (non-hydrogen) atoms. The van der Waals surface area contributed by atoms with Crippen LogP contribution in [0.3, 0.4) is 0 Å². The minimum atomic E-state index is -0.287. The van der Waals surface area contributed by atoms with Crippen molar-refractivity contribution in [1.29, 1.82) is 0 Å². The van der Waals surface area contributed by atoms with Crippen molar-refractivity contribution in [3.8, 4) is 0 Å². The molecule has 106 valence electrons. The van der Waals surface area contributed by atoms with Gasteiger partial charge in [0.2, 0.25) is 0 Å². The van der Waals surface area contributed by atoms with Crippen LogP contribution in [0.2, 0.25) is 0 Å². The number of halogens is 1. The first kappa shape index (κ1) is 14.6. The van der Waals surface area contributed by atoms with E-state index < -0.39 is 0 Å². The van der Waals surface area contributed by atoms with Crippen LogP contribution in [0.1, 0.15) is 12.8 Å². The molecule has 1 atom stereocenters. The van der Waals surface area contributed by atoms with E-state index in [0.717, 1.165) is 15.8 Å². The van der Waals surface area contributed by atoms with Gasteiger partial charge in [-0.25, -0.2) is 4.79 Å². The minimum Gasteiger partial charge on any atom is -0.469 e. The van der Waals surface area contributed by atoms with E-state index in [-0.39, 0.29) is 18.4 Å². The number of rotatable bonds is 3. The molecule has 0 saturated carbocycles. The first-order valence-corrected chi connectivity index (χ1v) is 6.97. The zero-order valence-corrected chi connectivity index (χ0v) is 12.9. The largest absolute Gasteiger partial charge is 0.469 e. The number of esters is 1. The highest BCUT2D eigenvalue weighted by molar-refractivity contribution is 9.10. The SMILES string of the molecule is COC(=O)CC[C@H]1C(=C=O)Nc2cc(Br)ccc2N1C.